The van der Waals surface area contributed by atoms with Gasteiger partial charge in [-0.1, -0.05) is 48.5 Å². The van der Waals surface area contributed by atoms with Crippen LogP contribution in [0.1, 0.15) is 23.2 Å². The molecule has 0 atom stereocenters. The Kier molecular flexibility index (Phi) is 6.78. The van der Waals surface area contributed by atoms with Crippen molar-refractivity contribution in [2.24, 2.45) is 0 Å². The van der Waals surface area contributed by atoms with Gasteiger partial charge in [-0.15, -0.1) is 0 Å². The van der Waals surface area contributed by atoms with Crippen molar-refractivity contribution in [3.8, 4) is 5.75 Å². The average molecular weight is 445 g/mol. The zero-order valence-corrected chi connectivity index (χ0v) is 18.3. The summed E-state index contributed by atoms with van der Waals surface area (Å²) in [5, 5.41) is 2.86. The number of fused-ring (bicyclic) bond motifs is 1. The number of methoxy groups -OCH3 is 1. The standard InChI is InChI=1S/C26H24FN3O3/c1-33-24-13-7-3-8-18(24)16-28-25(31)15-14-22-26(32)30(17-19-9-2-4-10-20(19)27)23-12-6-5-11-21(23)29-22/h2-13H,14-17H2,1H3,(H,28,31). The molecule has 4 aromatic rings. The van der Waals surface area contributed by atoms with Crippen molar-refractivity contribution in [2.75, 3.05) is 7.11 Å². The summed E-state index contributed by atoms with van der Waals surface area (Å²) in [6.45, 7) is 0.410. The van der Waals surface area contributed by atoms with Crippen molar-refractivity contribution in [3.63, 3.8) is 0 Å². The van der Waals surface area contributed by atoms with E-state index in [1.165, 1.54) is 10.6 Å². The van der Waals surface area contributed by atoms with E-state index in [4.69, 9.17) is 4.74 Å². The minimum Gasteiger partial charge on any atom is -0.496 e. The molecule has 0 unspecified atom stereocenters. The van der Waals surface area contributed by atoms with Gasteiger partial charge in [-0.05, 0) is 24.3 Å². The van der Waals surface area contributed by atoms with Crippen LogP contribution in [0.5, 0.6) is 5.75 Å². The van der Waals surface area contributed by atoms with Crippen LogP contribution >= 0.6 is 0 Å². The number of ether oxygens (including phenoxy) is 1. The van der Waals surface area contributed by atoms with E-state index in [-0.39, 0.29) is 42.4 Å². The highest BCUT2D eigenvalue weighted by molar-refractivity contribution is 5.77. The van der Waals surface area contributed by atoms with E-state index in [1.807, 2.05) is 36.4 Å². The van der Waals surface area contributed by atoms with Crippen LogP contribution in [0.3, 0.4) is 0 Å². The molecule has 3 aromatic carbocycles. The molecule has 0 aliphatic carbocycles. The van der Waals surface area contributed by atoms with E-state index in [2.05, 4.69) is 10.3 Å². The maximum Gasteiger partial charge on any atom is 0.273 e. The fraction of sp³-hybridized carbons (Fsp3) is 0.192. The average Bonchev–Trinajstić information content (AvgIpc) is 2.84. The van der Waals surface area contributed by atoms with E-state index >= 15 is 0 Å². The molecular formula is C26H24FN3O3. The number of aromatic nitrogens is 2. The Morgan fingerprint density at radius 1 is 1.00 bits per heavy atom. The second-order valence-electron chi connectivity index (χ2n) is 7.62. The molecule has 0 fully saturated rings. The van der Waals surface area contributed by atoms with Crippen molar-refractivity contribution in [2.45, 2.75) is 25.9 Å². The van der Waals surface area contributed by atoms with Gasteiger partial charge in [-0.2, -0.15) is 0 Å². The van der Waals surface area contributed by atoms with Gasteiger partial charge in [0.2, 0.25) is 5.91 Å². The Hall–Kier alpha value is -4.00. The van der Waals surface area contributed by atoms with Gasteiger partial charge in [-0.25, -0.2) is 9.37 Å². The summed E-state index contributed by atoms with van der Waals surface area (Å²) in [4.78, 5) is 30.1. The van der Waals surface area contributed by atoms with Crippen molar-refractivity contribution in [1.29, 1.82) is 0 Å². The molecule has 168 valence electrons. The van der Waals surface area contributed by atoms with Crippen LogP contribution in [0, 0.1) is 5.82 Å². The number of amides is 1. The maximum atomic E-state index is 14.2. The SMILES string of the molecule is COc1ccccc1CNC(=O)CCc1nc2ccccc2n(Cc2ccccc2F)c1=O. The van der Waals surface area contributed by atoms with Gasteiger partial charge in [0.25, 0.3) is 5.56 Å². The summed E-state index contributed by atoms with van der Waals surface area (Å²) in [7, 11) is 1.58. The van der Waals surface area contributed by atoms with Crippen LogP contribution in [0.15, 0.2) is 77.6 Å². The van der Waals surface area contributed by atoms with Gasteiger partial charge in [0.05, 0.1) is 24.7 Å². The van der Waals surface area contributed by atoms with Crippen LogP contribution < -0.4 is 15.6 Å². The number of carbonyl (C=O) groups excluding carboxylic acids is 1. The number of nitrogens with zero attached hydrogens (tertiary/aromatic N) is 2. The second kappa shape index (κ2) is 10.1. The Bertz CT molecular complexity index is 1350. The number of hydrogen-bond acceptors (Lipinski definition) is 4. The van der Waals surface area contributed by atoms with Crippen molar-refractivity contribution < 1.29 is 13.9 Å². The summed E-state index contributed by atoms with van der Waals surface area (Å²) in [5.74, 6) is 0.128. The number of nitrogens with one attached hydrogen (secondary N) is 1. The largest absolute Gasteiger partial charge is 0.496 e. The summed E-state index contributed by atoms with van der Waals surface area (Å²) in [6, 6.07) is 21.1. The summed E-state index contributed by atoms with van der Waals surface area (Å²) >= 11 is 0. The van der Waals surface area contributed by atoms with Crippen molar-refractivity contribution in [3.05, 3.63) is 106 Å². The van der Waals surface area contributed by atoms with Gasteiger partial charge < -0.3 is 14.6 Å². The Morgan fingerprint density at radius 3 is 2.48 bits per heavy atom. The monoisotopic (exact) mass is 445 g/mol. The molecule has 0 aliphatic heterocycles. The molecule has 0 bridgehead atoms. The van der Waals surface area contributed by atoms with Gasteiger partial charge in [-0.3, -0.25) is 9.59 Å². The van der Waals surface area contributed by atoms with Gasteiger partial charge in [0, 0.05) is 30.5 Å². The summed E-state index contributed by atoms with van der Waals surface area (Å²) in [5.41, 5.74) is 2.47. The molecule has 1 aromatic heterocycles. The predicted octanol–water partition coefficient (Wildman–Crippen LogP) is 3.84. The zero-order chi connectivity index (χ0) is 23.2. The first-order chi connectivity index (χ1) is 16.1. The molecule has 0 radical (unpaired) electrons. The van der Waals surface area contributed by atoms with Crippen LogP contribution in [0.2, 0.25) is 0 Å². The third kappa shape index (κ3) is 5.09. The normalized spacial score (nSPS) is 10.8. The number of carbonyl (C=O) groups is 1. The smallest absolute Gasteiger partial charge is 0.273 e. The van der Waals surface area contributed by atoms with Crippen LogP contribution in [0.4, 0.5) is 4.39 Å². The number of rotatable bonds is 8. The number of aryl methyl sites for hydroxylation is 1. The van der Waals surface area contributed by atoms with Gasteiger partial charge >= 0.3 is 0 Å². The Morgan fingerprint density at radius 2 is 1.70 bits per heavy atom. The molecule has 4 rings (SSSR count). The first-order valence-electron chi connectivity index (χ1n) is 10.7. The minimum absolute atomic E-state index is 0.0849. The lowest BCUT2D eigenvalue weighted by atomic mass is 10.1. The molecule has 0 spiro atoms. The molecule has 6 nitrogen and oxygen atoms in total. The number of halogens is 1. The maximum absolute atomic E-state index is 14.2. The Balaban J connectivity index is 1.53. The molecule has 1 N–H and O–H groups in total. The lowest BCUT2D eigenvalue weighted by Crippen LogP contribution is -2.29. The molecule has 7 heteroatoms. The lowest BCUT2D eigenvalue weighted by molar-refractivity contribution is -0.121. The zero-order valence-electron chi connectivity index (χ0n) is 18.3. The fourth-order valence-corrected chi connectivity index (χ4v) is 3.73. The van der Waals surface area contributed by atoms with Crippen molar-refractivity contribution >= 4 is 16.9 Å². The number of benzene rings is 3. The van der Waals surface area contributed by atoms with Crippen molar-refractivity contribution in [1.82, 2.24) is 14.9 Å². The minimum atomic E-state index is -0.373. The fourth-order valence-electron chi connectivity index (χ4n) is 3.73. The van der Waals surface area contributed by atoms with E-state index in [0.717, 1.165) is 5.56 Å². The lowest BCUT2D eigenvalue weighted by Gasteiger charge is -2.13. The highest BCUT2D eigenvalue weighted by Gasteiger charge is 2.14. The van der Waals surface area contributed by atoms with E-state index in [0.29, 0.717) is 28.9 Å². The molecule has 1 heterocycles. The number of hydrogen-bond donors (Lipinski definition) is 1. The van der Waals surface area contributed by atoms with E-state index in [1.54, 1.807) is 37.4 Å². The third-order valence-electron chi connectivity index (χ3n) is 5.46. The van der Waals surface area contributed by atoms with Crippen LogP contribution in [-0.2, 0) is 24.3 Å². The van der Waals surface area contributed by atoms with Gasteiger partial charge in [0.15, 0.2) is 0 Å². The topological polar surface area (TPSA) is 73.2 Å². The number of para-hydroxylation sites is 3. The second-order valence-corrected chi connectivity index (χ2v) is 7.62. The summed E-state index contributed by atoms with van der Waals surface area (Å²) < 4.78 is 21.1. The first-order valence-corrected chi connectivity index (χ1v) is 10.7. The van der Waals surface area contributed by atoms with E-state index in [9.17, 15) is 14.0 Å². The highest BCUT2D eigenvalue weighted by Crippen LogP contribution is 2.17. The highest BCUT2D eigenvalue weighted by atomic mass is 19.1. The quantitative estimate of drug-likeness (QED) is 0.447. The molecule has 1 amide bonds. The first kappa shape index (κ1) is 22.2. The van der Waals surface area contributed by atoms with Crippen LogP contribution in [0.25, 0.3) is 11.0 Å². The predicted molar refractivity (Wildman–Crippen MR) is 125 cm³/mol. The third-order valence-corrected chi connectivity index (χ3v) is 5.46. The van der Waals surface area contributed by atoms with E-state index < -0.39 is 0 Å². The summed E-state index contributed by atoms with van der Waals surface area (Å²) in [6.07, 6.45) is 0.286. The van der Waals surface area contributed by atoms with Gasteiger partial charge in [0.1, 0.15) is 17.3 Å². The van der Waals surface area contributed by atoms with Crippen LogP contribution in [-0.4, -0.2) is 22.6 Å². The Labute approximate surface area is 190 Å². The molecule has 0 aliphatic rings. The molecule has 0 saturated carbocycles. The molecule has 0 saturated heterocycles. The molecule has 33 heavy (non-hydrogen) atoms. The molecular weight excluding hydrogens is 421 g/mol.